The van der Waals surface area contributed by atoms with Crippen molar-refractivity contribution in [2.75, 3.05) is 23.7 Å². The molecule has 0 amide bonds. The summed E-state index contributed by atoms with van der Waals surface area (Å²) in [7, 11) is 0. The van der Waals surface area contributed by atoms with Crippen LogP contribution in [-0.4, -0.2) is 33.5 Å². The molecule has 0 aromatic carbocycles. The number of fused-ring (bicyclic) bond motifs is 1. The maximum Gasteiger partial charge on any atom is 0.210 e. The fourth-order valence-corrected chi connectivity index (χ4v) is 3.41. The first-order valence-corrected chi connectivity index (χ1v) is 7.53. The Labute approximate surface area is 115 Å². The Bertz CT molecular complexity index is 599. The van der Waals surface area contributed by atoms with Gasteiger partial charge in [-0.3, -0.25) is 5.10 Å². The molecule has 2 aliphatic rings. The van der Waals surface area contributed by atoms with Crippen LogP contribution in [0.4, 0.5) is 10.3 Å². The molecule has 19 heavy (non-hydrogen) atoms. The van der Waals surface area contributed by atoms with Crippen molar-refractivity contribution < 1.29 is 0 Å². The Balaban J connectivity index is 1.57. The highest BCUT2D eigenvalue weighted by atomic mass is 32.1. The molecule has 2 aromatic rings. The molecule has 3 N–H and O–H groups in total. The zero-order valence-corrected chi connectivity index (χ0v) is 11.4. The van der Waals surface area contributed by atoms with Gasteiger partial charge < -0.3 is 10.6 Å². The summed E-state index contributed by atoms with van der Waals surface area (Å²) in [6, 6.07) is 0. The van der Waals surface area contributed by atoms with Gasteiger partial charge in [0.2, 0.25) is 10.3 Å². The molecule has 1 aliphatic heterocycles. The van der Waals surface area contributed by atoms with Crippen molar-refractivity contribution in [3.8, 4) is 0 Å². The maximum atomic E-state index is 5.66. The van der Waals surface area contributed by atoms with Crippen molar-refractivity contribution in [1.29, 1.82) is 0 Å². The molecule has 2 aromatic heterocycles. The van der Waals surface area contributed by atoms with E-state index in [0.29, 0.717) is 11.0 Å². The lowest BCUT2D eigenvalue weighted by Crippen LogP contribution is -2.26. The van der Waals surface area contributed by atoms with E-state index in [0.717, 1.165) is 31.1 Å². The molecular weight excluding hydrogens is 260 g/mol. The Morgan fingerprint density at radius 1 is 1.21 bits per heavy atom. The number of hydrogen-bond acceptors (Lipinski definition) is 6. The predicted molar refractivity (Wildman–Crippen MR) is 74.5 cm³/mol. The summed E-state index contributed by atoms with van der Waals surface area (Å²) in [5, 5.41) is 17.3. The van der Waals surface area contributed by atoms with E-state index in [4.69, 9.17) is 5.73 Å². The second kappa shape index (κ2) is 4.19. The Morgan fingerprint density at radius 2 is 2.05 bits per heavy atom. The quantitative estimate of drug-likeness (QED) is 0.864. The summed E-state index contributed by atoms with van der Waals surface area (Å²) in [6.45, 7) is 1.93. The summed E-state index contributed by atoms with van der Waals surface area (Å²) < 4.78 is 0. The standard InChI is InChI=1S/C12H16N6S/c13-11-16-17-12(19-11)18-5-3-8-9(4-6-18)14-15-10(8)7-1-2-7/h7H,1-6H2,(H2,13,16)(H,14,15). The number of anilines is 2. The first-order chi connectivity index (χ1) is 9.31. The van der Waals surface area contributed by atoms with E-state index in [1.54, 1.807) is 0 Å². The first-order valence-electron chi connectivity index (χ1n) is 6.71. The minimum atomic E-state index is 0.540. The van der Waals surface area contributed by atoms with Gasteiger partial charge in [0.25, 0.3) is 0 Å². The van der Waals surface area contributed by atoms with E-state index >= 15 is 0 Å². The molecule has 3 heterocycles. The molecule has 0 bridgehead atoms. The van der Waals surface area contributed by atoms with E-state index in [-0.39, 0.29) is 0 Å². The average Bonchev–Trinajstić information content (AvgIpc) is 3.11. The lowest BCUT2D eigenvalue weighted by molar-refractivity contribution is 0.774. The van der Waals surface area contributed by atoms with Gasteiger partial charge >= 0.3 is 0 Å². The lowest BCUT2D eigenvalue weighted by atomic mass is 10.1. The van der Waals surface area contributed by atoms with Crippen LogP contribution in [0.5, 0.6) is 0 Å². The molecule has 0 radical (unpaired) electrons. The maximum absolute atomic E-state index is 5.66. The van der Waals surface area contributed by atoms with Gasteiger partial charge in [0, 0.05) is 31.1 Å². The molecule has 4 rings (SSSR count). The van der Waals surface area contributed by atoms with Crippen LogP contribution in [0.25, 0.3) is 0 Å². The van der Waals surface area contributed by atoms with Crippen molar-refractivity contribution in [3.63, 3.8) is 0 Å². The number of aromatic amines is 1. The van der Waals surface area contributed by atoms with Crippen LogP contribution in [-0.2, 0) is 12.8 Å². The lowest BCUT2D eigenvalue weighted by Gasteiger charge is -2.17. The van der Waals surface area contributed by atoms with Crippen LogP contribution >= 0.6 is 11.3 Å². The van der Waals surface area contributed by atoms with E-state index in [1.807, 2.05) is 0 Å². The van der Waals surface area contributed by atoms with Gasteiger partial charge in [0.15, 0.2) is 0 Å². The number of nitrogens with two attached hydrogens (primary N) is 1. The number of hydrogen-bond donors (Lipinski definition) is 2. The van der Waals surface area contributed by atoms with Crippen LogP contribution in [0.15, 0.2) is 0 Å². The molecule has 0 spiro atoms. The topological polar surface area (TPSA) is 83.7 Å². The van der Waals surface area contributed by atoms with Crippen LogP contribution in [0.3, 0.4) is 0 Å². The predicted octanol–water partition coefficient (Wildman–Crippen LogP) is 1.33. The number of rotatable bonds is 2. The third-order valence-electron chi connectivity index (χ3n) is 3.91. The van der Waals surface area contributed by atoms with Crippen molar-refractivity contribution >= 4 is 21.6 Å². The summed E-state index contributed by atoms with van der Waals surface area (Å²) in [5.41, 5.74) is 9.73. The van der Waals surface area contributed by atoms with E-state index in [1.165, 1.54) is 41.1 Å². The van der Waals surface area contributed by atoms with Crippen molar-refractivity contribution in [1.82, 2.24) is 20.4 Å². The van der Waals surface area contributed by atoms with Crippen LogP contribution in [0.1, 0.15) is 35.7 Å². The van der Waals surface area contributed by atoms with Crippen LogP contribution in [0, 0.1) is 0 Å². The van der Waals surface area contributed by atoms with Gasteiger partial charge in [-0.1, -0.05) is 11.3 Å². The normalized spacial score (nSPS) is 19.3. The summed E-state index contributed by atoms with van der Waals surface area (Å²) >= 11 is 1.46. The third-order valence-corrected chi connectivity index (χ3v) is 4.73. The van der Waals surface area contributed by atoms with Crippen LogP contribution < -0.4 is 10.6 Å². The molecule has 0 atom stereocenters. The fraction of sp³-hybridized carbons (Fsp3) is 0.583. The van der Waals surface area contributed by atoms with E-state index < -0.39 is 0 Å². The Hall–Kier alpha value is -1.63. The van der Waals surface area contributed by atoms with Gasteiger partial charge in [-0.05, 0) is 24.8 Å². The average molecular weight is 276 g/mol. The smallest absolute Gasteiger partial charge is 0.210 e. The van der Waals surface area contributed by atoms with Gasteiger partial charge in [0.05, 0.1) is 5.69 Å². The number of nitrogens with one attached hydrogen (secondary N) is 1. The van der Waals surface area contributed by atoms with Crippen molar-refractivity contribution in [2.24, 2.45) is 0 Å². The second-order valence-electron chi connectivity index (χ2n) is 5.25. The number of H-pyrrole nitrogens is 1. The Kier molecular flexibility index (Phi) is 2.48. The van der Waals surface area contributed by atoms with Gasteiger partial charge in [0.1, 0.15) is 0 Å². The van der Waals surface area contributed by atoms with Gasteiger partial charge in [-0.15, -0.1) is 10.2 Å². The molecule has 0 unspecified atom stereocenters. The van der Waals surface area contributed by atoms with E-state index in [2.05, 4.69) is 25.3 Å². The minimum absolute atomic E-state index is 0.540. The molecule has 100 valence electrons. The summed E-state index contributed by atoms with van der Waals surface area (Å²) in [6.07, 6.45) is 4.63. The summed E-state index contributed by atoms with van der Waals surface area (Å²) in [4.78, 5) is 2.28. The highest BCUT2D eigenvalue weighted by Crippen LogP contribution is 2.41. The number of aromatic nitrogens is 4. The van der Waals surface area contributed by atoms with Crippen molar-refractivity contribution in [3.05, 3.63) is 17.0 Å². The van der Waals surface area contributed by atoms with Crippen molar-refractivity contribution in [2.45, 2.75) is 31.6 Å². The molecule has 1 saturated carbocycles. The monoisotopic (exact) mass is 276 g/mol. The molecule has 7 heteroatoms. The number of nitrogens with zero attached hydrogens (tertiary/aromatic N) is 4. The summed E-state index contributed by atoms with van der Waals surface area (Å²) in [5.74, 6) is 0.712. The first kappa shape index (κ1) is 11.2. The molecule has 1 fully saturated rings. The van der Waals surface area contributed by atoms with E-state index in [9.17, 15) is 0 Å². The molecular formula is C12H16N6S. The van der Waals surface area contributed by atoms with Gasteiger partial charge in [-0.25, -0.2) is 0 Å². The molecule has 6 nitrogen and oxygen atoms in total. The minimum Gasteiger partial charge on any atom is -0.374 e. The van der Waals surface area contributed by atoms with Gasteiger partial charge in [-0.2, -0.15) is 5.10 Å². The SMILES string of the molecule is Nc1nnc(N2CCc3[nH]nc(C4CC4)c3CC2)s1. The highest BCUT2D eigenvalue weighted by molar-refractivity contribution is 7.18. The Morgan fingerprint density at radius 3 is 2.79 bits per heavy atom. The zero-order chi connectivity index (χ0) is 12.8. The number of nitrogen functional groups attached to an aromatic ring is 1. The van der Waals surface area contributed by atoms with Crippen LogP contribution in [0.2, 0.25) is 0 Å². The largest absolute Gasteiger partial charge is 0.374 e. The highest BCUT2D eigenvalue weighted by Gasteiger charge is 2.31. The molecule has 0 saturated heterocycles. The molecule has 1 aliphatic carbocycles. The fourth-order valence-electron chi connectivity index (χ4n) is 2.75. The second-order valence-corrected chi connectivity index (χ2v) is 6.24. The zero-order valence-electron chi connectivity index (χ0n) is 10.6. The third kappa shape index (κ3) is 1.98.